The number of amides is 2. The Morgan fingerprint density at radius 2 is 2.29 bits per heavy atom. The Balaban J connectivity index is 2.41. The average Bonchev–Trinajstić information content (AvgIpc) is 2.91. The van der Waals surface area contributed by atoms with Crippen LogP contribution in [-0.2, 0) is 27.5 Å². The molecule has 1 N–H and O–H groups in total. The van der Waals surface area contributed by atoms with Crippen molar-refractivity contribution in [2.24, 2.45) is 0 Å². The third-order valence-electron chi connectivity index (χ3n) is 3.98. The van der Waals surface area contributed by atoms with Crippen molar-refractivity contribution in [3.63, 3.8) is 0 Å². The summed E-state index contributed by atoms with van der Waals surface area (Å²) in [4.78, 5) is 36.6. The van der Waals surface area contributed by atoms with Gasteiger partial charge in [0.05, 0.1) is 12.2 Å². The van der Waals surface area contributed by atoms with E-state index in [2.05, 4.69) is 5.32 Å². The number of halogens is 2. The van der Waals surface area contributed by atoms with E-state index in [4.69, 9.17) is 16.3 Å². The van der Waals surface area contributed by atoms with E-state index >= 15 is 0 Å². The molecule has 0 radical (unpaired) electrons. The first-order chi connectivity index (χ1) is 11.5. The van der Waals surface area contributed by atoms with Crippen LogP contribution in [0.2, 0.25) is 5.02 Å². The summed E-state index contributed by atoms with van der Waals surface area (Å²) in [6, 6.07) is 0.567. The zero-order valence-corrected chi connectivity index (χ0v) is 14.2. The number of fused-ring (bicyclic) bond motifs is 1. The standard InChI is InChI=1S/C16H18ClFN2O4/c1-19-15(22)12(4-3-5-21)20-7-10-11(17)6-9(8-24-2)14(18)13(10)16(20)23/h5-6,12H,3-4,7-8H2,1-2H3,(H,19,22). The lowest BCUT2D eigenvalue weighted by molar-refractivity contribution is -0.125. The van der Waals surface area contributed by atoms with Crippen molar-refractivity contribution >= 4 is 29.7 Å². The molecule has 1 aliphatic heterocycles. The van der Waals surface area contributed by atoms with E-state index in [0.717, 1.165) is 0 Å². The van der Waals surface area contributed by atoms with Crippen molar-refractivity contribution in [2.45, 2.75) is 32.0 Å². The Kier molecular flexibility index (Phi) is 5.90. The molecule has 2 amide bonds. The summed E-state index contributed by atoms with van der Waals surface area (Å²) >= 11 is 6.18. The normalized spacial score (nSPS) is 14.5. The van der Waals surface area contributed by atoms with Gasteiger partial charge in [0.25, 0.3) is 5.91 Å². The Labute approximate surface area is 143 Å². The molecule has 0 fully saturated rings. The number of carbonyl (C=O) groups is 3. The highest BCUT2D eigenvalue weighted by Gasteiger charge is 2.39. The van der Waals surface area contributed by atoms with Crippen molar-refractivity contribution in [3.8, 4) is 0 Å². The number of methoxy groups -OCH3 is 1. The van der Waals surface area contributed by atoms with Gasteiger partial charge < -0.3 is 19.7 Å². The zero-order chi connectivity index (χ0) is 17.9. The summed E-state index contributed by atoms with van der Waals surface area (Å²) in [5.74, 6) is -1.71. The fraction of sp³-hybridized carbons (Fsp3) is 0.438. The monoisotopic (exact) mass is 356 g/mol. The molecule has 1 unspecified atom stereocenters. The number of aldehydes is 1. The molecular weight excluding hydrogens is 339 g/mol. The molecule has 130 valence electrons. The minimum absolute atomic E-state index is 0.0177. The smallest absolute Gasteiger partial charge is 0.258 e. The summed E-state index contributed by atoms with van der Waals surface area (Å²) < 4.78 is 19.5. The molecule has 8 heteroatoms. The number of nitrogens with one attached hydrogen (secondary N) is 1. The number of hydrogen-bond donors (Lipinski definition) is 1. The Morgan fingerprint density at radius 1 is 1.58 bits per heavy atom. The van der Waals surface area contributed by atoms with Gasteiger partial charge in [-0.1, -0.05) is 11.6 Å². The van der Waals surface area contributed by atoms with Gasteiger partial charge in [0.2, 0.25) is 5.91 Å². The van der Waals surface area contributed by atoms with Gasteiger partial charge in [-0.15, -0.1) is 0 Å². The second-order valence-electron chi connectivity index (χ2n) is 5.43. The molecular formula is C16H18ClFN2O4. The van der Waals surface area contributed by atoms with Gasteiger partial charge in [-0.2, -0.15) is 0 Å². The minimum Gasteiger partial charge on any atom is -0.380 e. The number of carbonyl (C=O) groups excluding carboxylic acids is 3. The van der Waals surface area contributed by atoms with Gasteiger partial charge in [0, 0.05) is 43.3 Å². The van der Waals surface area contributed by atoms with Crippen LogP contribution in [-0.4, -0.2) is 43.2 Å². The van der Waals surface area contributed by atoms with E-state index in [1.54, 1.807) is 0 Å². The number of hydrogen-bond acceptors (Lipinski definition) is 4. The average molecular weight is 357 g/mol. The van der Waals surface area contributed by atoms with E-state index in [-0.39, 0.29) is 42.1 Å². The fourth-order valence-corrected chi connectivity index (χ4v) is 3.10. The second-order valence-corrected chi connectivity index (χ2v) is 5.83. The fourth-order valence-electron chi connectivity index (χ4n) is 2.81. The molecule has 0 saturated carbocycles. The van der Waals surface area contributed by atoms with Crippen LogP contribution in [0.1, 0.15) is 34.3 Å². The van der Waals surface area contributed by atoms with E-state index in [1.165, 1.54) is 25.1 Å². The Hall–Kier alpha value is -1.99. The molecule has 0 aromatic heterocycles. The molecule has 24 heavy (non-hydrogen) atoms. The van der Waals surface area contributed by atoms with Crippen molar-refractivity contribution in [1.29, 1.82) is 0 Å². The van der Waals surface area contributed by atoms with E-state index in [9.17, 15) is 18.8 Å². The lowest BCUT2D eigenvalue weighted by Crippen LogP contribution is -2.46. The van der Waals surface area contributed by atoms with E-state index < -0.39 is 23.7 Å². The highest BCUT2D eigenvalue weighted by atomic mass is 35.5. The Morgan fingerprint density at radius 3 is 2.88 bits per heavy atom. The molecule has 0 spiro atoms. The SMILES string of the molecule is CNC(=O)C(CCC=O)N1Cc2c(Cl)cc(COC)c(F)c2C1=O. The van der Waals surface area contributed by atoms with Gasteiger partial charge in [0.1, 0.15) is 18.1 Å². The number of rotatable bonds is 7. The molecule has 0 saturated heterocycles. The highest BCUT2D eigenvalue weighted by Crippen LogP contribution is 2.35. The van der Waals surface area contributed by atoms with Gasteiger partial charge in [-0.25, -0.2) is 4.39 Å². The van der Waals surface area contributed by atoms with Crippen LogP contribution in [0, 0.1) is 5.82 Å². The largest absolute Gasteiger partial charge is 0.380 e. The number of benzene rings is 1. The van der Waals surface area contributed by atoms with Crippen molar-refractivity contribution in [3.05, 3.63) is 33.6 Å². The van der Waals surface area contributed by atoms with Crippen LogP contribution in [0.25, 0.3) is 0 Å². The molecule has 1 aromatic rings. The highest BCUT2D eigenvalue weighted by molar-refractivity contribution is 6.32. The van der Waals surface area contributed by atoms with Crippen LogP contribution >= 0.6 is 11.6 Å². The topological polar surface area (TPSA) is 75.7 Å². The third-order valence-corrected chi connectivity index (χ3v) is 4.32. The molecule has 1 heterocycles. The Bertz CT molecular complexity index is 681. The van der Waals surface area contributed by atoms with E-state index in [0.29, 0.717) is 11.8 Å². The predicted octanol–water partition coefficient (Wildman–Crippen LogP) is 1.67. The summed E-state index contributed by atoms with van der Waals surface area (Å²) in [6.07, 6.45) is 0.949. The molecule has 1 aliphatic rings. The van der Waals surface area contributed by atoms with Crippen LogP contribution < -0.4 is 5.32 Å². The first kappa shape index (κ1) is 18.4. The second kappa shape index (κ2) is 7.72. The van der Waals surface area contributed by atoms with Crippen LogP contribution in [0.3, 0.4) is 0 Å². The summed E-state index contributed by atoms with van der Waals surface area (Å²) in [7, 11) is 2.85. The lowest BCUT2D eigenvalue weighted by Gasteiger charge is -2.25. The van der Waals surface area contributed by atoms with Crippen molar-refractivity contribution in [1.82, 2.24) is 10.2 Å². The maximum Gasteiger partial charge on any atom is 0.258 e. The maximum absolute atomic E-state index is 14.6. The lowest BCUT2D eigenvalue weighted by atomic mass is 10.1. The van der Waals surface area contributed by atoms with Gasteiger partial charge in [-0.3, -0.25) is 9.59 Å². The van der Waals surface area contributed by atoms with Crippen LogP contribution in [0.5, 0.6) is 0 Å². The predicted molar refractivity (Wildman–Crippen MR) is 85.1 cm³/mol. The maximum atomic E-state index is 14.6. The minimum atomic E-state index is -0.860. The summed E-state index contributed by atoms with van der Waals surface area (Å²) in [5.41, 5.74) is 0.398. The molecule has 6 nitrogen and oxygen atoms in total. The number of ether oxygens (including phenoxy) is 1. The molecule has 1 aromatic carbocycles. The van der Waals surface area contributed by atoms with Crippen LogP contribution in [0.4, 0.5) is 4.39 Å². The van der Waals surface area contributed by atoms with E-state index in [1.807, 2.05) is 0 Å². The van der Waals surface area contributed by atoms with Gasteiger partial charge in [0.15, 0.2) is 0 Å². The van der Waals surface area contributed by atoms with Gasteiger partial charge in [-0.05, 0) is 12.5 Å². The van der Waals surface area contributed by atoms with Crippen LogP contribution in [0.15, 0.2) is 6.07 Å². The quantitative estimate of drug-likeness (QED) is 0.754. The first-order valence-electron chi connectivity index (χ1n) is 7.41. The van der Waals surface area contributed by atoms with Crippen molar-refractivity contribution in [2.75, 3.05) is 14.2 Å². The zero-order valence-electron chi connectivity index (χ0n) is 13.4. The summed E-state index contributed by atoms with van der Waals surface area (Å²) in [5, 5.41) is 2.71. The molecule has 0 aliphatic carbocycles. The molecule has 1 atom stereocenters. The number of likely N-dealkylation sites (N-methyl/N-ethyl adjacent to an activating group) is 1. The van der Waals surface area contributed by atoms with Crippen molar-refractivity contribution < 1.29 is 23.5 Å². The summed E-state index contributed by atoms with van der Waals surface area (Å²) in [6.45, 7) is 0.00422. The molecule has 0 bridgehead atoms. The first-order valence-corrected chi connectivity index (χ1v) is 7.78. The third kappa shape index (κ3) is 3.27. The number of nitrogens with zero attached hydrogens (tertiary/aromatic N) is 1. The van der Waals surface area contributed by atoms with Gasteiger partial charge >= 0.3 is 0 Å². The molecule has 2 rings (SSSR count).